The van der Waals surface area contributed by atoms with Crippen LogP contribution >= 0.6 is 0 Å². The van der Waals surface area contributed by atoms with Gasteiger partial charge in [-0.2, -0.15) is 13.2 Å². The van der Waals surface area contributed by atoms with Crippen molar-refractivity contribution in [2.45, 2.75) is 20.0 Å². The second-order valence-electron chi connectivity index (χ2n) is 3.50. The first kappa shape index (κ1) is 12.8. The van der Waals surface area contributed by atoms with Crippen molar-refractivity contribution in [3.8, 4) is 0 Å². The third-order valence-corrected chi connectivity index (χ3v) is 2.23. The maximum Gasteiger partial charge on any atom is 0.417 e. The highest BCUT2D eigenvalue weighted by molar-refractivity contribution is 5.51. The number of aryl methyl sites for hydroxylation is 1. The number of nitrogens with one attached hydrogen (secondary N) is 1. The summed E-state index contributed by atoms with van der Waals surface area (Å²) < 4.78 is 38.2. The van der Waals surface area contributed by atoms with Crippen LogP contribution in [-0.2, 0) is 6.18 Å². The van der Waals surface area contributed by atoms with Crippen molar-refractivity contribution in [3.05, 3.63) is 22.9 Å². The van der Waals surface area contributed by atoms with Gasteiger partial charge in [0.15, 0.2) is 0 Å². The average Bonchev–Trinajstić information content (AvgIpc) is 2.14. The van der Waals surface area contributed by atoms with Crippen molar-refractivity contribution in [1.29, 1.82) is 0 Å². The lowest BCUT2D eigenvalue weighted by Crippen LogP contribution is -2.17. The van der Waals surface area contributed by atoms with E-state index in [4.69, 9.17) is 5.73 Å². The van der Waals surface area contributed by atoms with E-state index in [9.17, 15) is 13.2 Å². The molecule has 0 amide bonds. The molecular weight excluding hydrogens is 219 g/mol. The Morgan fingerprint density at radius 2 is 2.00 bits per heavy atom. The first-order valence-corrected chi connectivity index (χ1v) is 4.85. The third kappa shape index (κ3) is 2.63. The van der Waals surface area contributed by atoms with E-state index in [-0.39, 0.29) is 16.9 Å². The number of nitrogens with zero attached hydrogens (tertiary/aromatic N) is 1. The second-order valence-corrected chi connectivity index (χ2v) is 3.50. The molecule has 0 atom stereocenters. The number of halogens is 3. The molecule has 0 spiro atoms. The Kier molecular flexibility index (Phi) is 3.74. The number of rotatable bonds is 3. The minimum Gasteiger partial charge on any atom is -0.369 e. The molecule has 1 aromatic heterocycles. The molecule has 0 unspecified atom stereocenters. The molecule has 0 aliphatic carbocycles. The SMILES string of the molecule is Cc1cnc(NCCN)c(C)c1C(F)(F)F. The predicted molar refractivity (Wildman–Crippen MR) is 56.3 cm³/mol. The van der Waals surface area contributed by atoms with Crippen LogP contribution in [0.3, 0.4) is 0 Å². The minimum atomic E-state index is -4.35. The van der Waals surface area contributed by atoms with Gasteiger partial charge in [0.2, 0.25) is 0 Å². The van der Waals surface area contributed by atoms with E-state index in [1.807, 2.05) is 0 Å². The molecule has 6 heteroatoms. The minimum absolute atomic E-state index is 0.112. The highest BCUT2D eigenvalue weighted by atomic mass is 19.4. The Morgan fingerprint density at radius 3 is 2.50 bits per heavy atom. The molecule has 0 saturated carbocycles. The topological polar surface area (TPSA) is 50.9 Å². The van der Waals surface area contributed by atoms with Crippen LogP contribution in [0.15, 0.2) is 6.20 Å². The van der Waals surface area contributed by atoms with Crippen LogP contribution in [0.4, 0.5) is 19.0 Å². The smallest absolute Gasteiger partial charge is 0.369 e. The van der Waals surface area contributed by atoms with E-state index >= 15 is 0 Å². The molecule has 0 aliphatic heterocycles. The van der Waals surface area contributed by atoms with Gasteiger partial charge in [0.05, 0.1) is 5.56 Å². The van der Waals surface area contributed by atoms with Crippen LogP contribution in [-0.4, -0.2) is 18.1 Å². The summed E-state index contributed by atoms with van der Waals surface area (Å²) in [5.41, 5.74) is 4.88. The summed E-state index contributed by atoms with van der Waals surface area (Å²) in [6.07, 6.45) is -3.13. The molecule has 0 saturated heterocycles. The number of aromatic nitrogens is 1. The number of alkyl halides is 3. The summed E-state index contributed by atoms with van der Waals surface area (Å²) in [4.78, 5) is 3.92. The largest absolute Gasteiger partial charge is 0.417 e. The summed E-state index contributed by atoms with van der Waals surface area (Å²) in [5, 5.41) is 2.77. The van der Waals surface area contributed by atoms with Gasteiger partial charge >= 0.3 is 6.18 Å². The Hall–Kier alpha value is -1.30. The van der Waals surface area contributed by atoms with Gasteiger partial charge in [0.25, 0.3) is 0 Å². The summed E-state index contributed by atoms with van der Waals surface area (Å²) in [5.74, 6) is 0.239. The molecule has 1 heterocycles. The van der Waals surface area contributed by atoms with E-state index in [1.54, 1.807) is 0 Å². The molecule has 1 aromatic rings. The quantitative estimate of drug-likeness (QED) is 0.840. The molecular formula is C10H14F3N3. The average molecular weight is 233 g/mol. The number of hydrogen-bond donors (Lipinski definition) is 2. The van der Waals surface area contributed by atoms with E-state index in [1.165, 1.54) is 20.0 Å². The first-order chi connectivity index (χ1) is 7.38. The lowest BCUT2D eigenvalue weighted by Gasteiger charge is -2.16. The van der Waals surface area contributed by atoms with Gasteiger partial charge in [0, 0.05) is 24.8 Å². The maximum absolute atomic E-state index is 12.7. The Bertz CT molecular complexity index is 374. The van der Waals surface area contributed by atoms with Gasteiger partial charge in [0.1, 0.15) is 5.82 Å². The van der Waals surface area contributed by atoms with E-state index in [0.29, 0.717) is 13.1 Å². The molecule has 90 valence electrons. The highest BCUT2D eigenvalue weighted by Gasteiger charge is 2.35. The summed E-state index contributed by atoms with van der Waals surface area (Å²) >= 11 is 0. The van der Waals surface area contributed by atoms with Crippen molar-refractivity contribution in [3.63, 3.8) is 0 Å². The third-order valence-electron chi connectivity index (χ3n) is 2.23. The summed E-state index contributed by atoms with van der Waals surface area (Å²) in [6, 6.07) is 0. The molecule has 1 rings (SSSR count). The van der Waals surface area contributed by atoms with E-state index in [2.05, 4.69) is 10.3 Å². The van der Waals surface area contributed by atoms with Crippen LogP contribution in [0.2, 0.25) is 0 Å². The number of anilines is 1. The fourth-order valence-corrected chi connectivity index (χ4v) is 1.54. The van der Waals surface area contributed by atoms with E-state index < -0.39 is 11.7 Å². The van der Waals surface area contributed by atoms with Gasteiger partial charge < -0.3 is 11.1 Å². The predicted octanol–water partition coefficient (Wildman–Crippen LogP) is 2.09. The molecule has 3 N–H and O–H groups in total. The highest BCUT2D eigenvalue weighted by Crippen LogP contribution is 2.35. The van der Waals surface area contributed by atoms with Crippen LogP contribution in [0.1, 0.15) is 16.7 Å². The van der Waals surface area contributed by atoms with Crippen LogP contribution < -0.4 is 11.1 Å². The Balaban J connectivity index is 3.17. The zero-order chi connectivity index (χ0) is 12.3. The zero-order valence-electron chi connectivity index (χ0n) is 9.15. The molecule has 16 heavy (non-hydrogen) atoms. The number of hydrogen-bond acceptors (Lipinski definition) is 3. The maximum atomic E-state index is 12.7. The standard InChI is InChI=1S/C10H14F3N3/c1-6-5-16-9(15-4-3-14)7(2)8(6)10(11,12)13/h5H,3-4,14H2,1-2H3,(H,15,16). The van der Waals surface area contributed by atoms with Gasteiger partial charge in [-0.15, -0.1) is 0 Å². The summed E-state index contributed by atoms with van der Waals surface area (Å²) in [7, 11) is 0. The fraction of sp³-hybridized carbons (Fsp3) is 0.500. The van der Waals surface area contributed by atoms with Gasteiger partial charge in [-0.05, 0) is 19.4 Å². The molecule has 3 nitrogen and oxygen atoms in total. The number of pyridine rings is 1. The zero-order valence-corrected chi connectivity index (χ0v) is 9.15. The number of nitrogens with two attached hydrogens (primary N) is 1. The normalized spacial score (nSPS) is 11.6. The fourth-order valence-electron chi connectivity index (χ4n) is 1.54. The van der Waals surface area contributed by atoms with Crippen molar-refractivity contribution < 1.29 is 13.2 Å². The van der Waals surface area contributed by atoms with Crippen LogP contribution in [0, 0.1) is 13.8 Å². The van der Waals surface area contributed by atoms with Crippen LogP contribution in [0.25, 0.3) is 0 Å². The molecule has 0 radical (unpaired) electrons. The molecule has 0 aliphatic rings. The molecule has 0 fully saturated rings. The van der Waals surface area contributed by atoms with Crippen molar-refractivity contribution in [2.24, 2.45) is 5.73 Å². The summed E-state index contributed by atoms with van der Waals surface area (Å²) in [6.45, 7) is 3.54. The van der Waals surface area contributed by atoms with Gasteiger partial charge in [-0.1, -0.05) is 0 Å². The van der Waals surface area contributed by atoms with Crippen molar-refractivity contribution in [2.75, 3.05) is 18.4 Å². The molecule has 0 aromatic carbocycles. The second kappa shape index (κ2) is 4.69. The molecule has 0 bridgehead atoms. The van der Waals surface area contributed by atoms with Crippen LogP contribution in [0.5, 0.6) is 0 Å². The van der Waals surface area contributed by atoms with Gasteiger partial charge in [-0.25, -0.2) is 4.98 Å². The first-order valence-electron chi connectivity index (χ1n) is 4.85. The lowest BCUT2D eigenvalue weighted by molar-refractivity contribution is -0.138. The van der Waals surface area contributed by atoms with E-state index in [0.717, 1.165) is 0 Å². The Labute approximate surface area is 91.9 Å². The van der Waals surface area contributed by atoms with Gasteiger partial charge in [-0.3, -0.25) is 0 Å². The Morgan fingerprint density at radius 1 is 1.38 bits per heavy atom. The monoisotopic (exact) mass is 233 g/mol. The lowest BCUT2D eigenvalue weighted by atomic mass is 10.1. The van der Waals surface area contributed by atoms with Crippen molar-refractivity contribution in [1.82, 2.24) is 4.98 Å². The van der Waals surface area contributed by atoms with Crippen molar-refractivity contribution >= 4 is 5.82 Å².